The van der Waals surface area contributed by atoms with Crippen molar-refractivity contribution in [3.05, 3.63) is 53.6 Å². The summed E-state index contributed by atoms with van der Waals surface area (Å²) in [5.41, 5.74) is 1.81. The van der Waals surface area contributed by atoms with Crippen molar-refractivity contribution in [1.29, 1.82) is 0 Å². The summed E-state index contributed by atoms with van der Waals surface area (Å²) in [6.45, 7) is 0. The molecule has 23 heavy (non-hydrogen) atoms. The number of hydrogen-bond donors (Lipinski definition) is 0. The molecule has 0 aliphatic carbocycles. The number of rotatable bonds is 3. The van der Waals surface area contributed by atoms with Crippen molar-refractivity contribution < 1.29 is 4.74 Å². The summed E-state index contributed by atoms with van der Waals surface area (Å²) in [5, 5.41) is 14.6. The van der Waals surface area contributed by atoms with Gasteiger partial charge in [0.25, 0.3) is 0 Å². The SMILES string of the molecule is COc1ccccc1-c1nnc2sc(-c3cccc(Cl)c3)nn12. The molecule has 0 aliphatic rings. The molecule has 0 saturated heterocycles. The molecule has 0 radical (unpaired) electrons. The van der Waals surface area contributed by atoms with Crippen molar-refractivity contribution in [2.75, 3.05) is 7.11 Å². The van der Waals surface area contributed by atoms with Gasteiger partial charge in [-0.2, -0.15) is 9.61 Å². The summed E-state index contributed by atoms with van der Waals surface area (Å²) < 4.78 is 7.14. The lowest BCUT2D eigenvalue weighted by Crippen LogP contribution is -1.94. The molecule has 7 heteroatoms. The topological polar surface area (TPSA) is 52.3 Å². The van der Waals surface area contributed by atoms with E-state index in [9.17, 15) is 0 Å². The Balaban J connectivity index is 1.87. The fourth-order valence-corrected chi connectivity index (χ4v) is 3.38. The smallest absolute Gasteiger partial charge is 0.235 e. The van der Waals surface area contributed by atoms with E-state index in [0.29, 0.717) is 10.8 Å². The van der Waals surface area contributed by atoms with Crippen molar-refractivity contribution in [2.24, 2.45) is 0 Å². The molecule has 5 nitrogen and oxygen atoms in total. The molecule has 0 fully saturated rings. The molecule has 2 aromatic heterocycles. The lowest BCUT2D eigenvalue weighted by atomic mass is 10.2. The van der Waals surface area contributed by atoms with Crippen LogP contribution in [0.3, 0.4) is 0 Å². The third-order valence-electron chi connectivity index (χ3n) is 3.41. The summed E-state index contributed by atoms with van der Waals surface area (Å²) in [5.74, 6) is 1.39. The van der Waals surface area contributed by atoms with Crippen LogP contribution in [0.4, 0.5) is 0 Å². The van der Waals surface area contributed by atoms with Gasteiger partial charge in [0.2, 0.25) is 4.96 Å². The normalized spacial score (nSPS) is 11.0. The summed E-state index contributed by atoms with van der Waals surface area (Å²) in [6.07, 6.45) is 0. The second-order valence-corrected chi connectivity index (χ2v) is 6.23. The van der Waals surface area contributed by atoms with Gasteiger partial charge in [0.05, 0.1) is 12.7 Å². The molecule has 0 spiro atoms. The van der Waals surface area contributed by atoms with E-state index >= 15 is 0 Å². The first kappa shape index (κ1) is 14.2. The van der Waals surface area contributed by atoms with Gasteiger partial charge in [0, 0.05) is 10.6 Å². The lowest BCUT2D eigenvalue weighted by Gasteiger charge is -2.04. The zero-order chi connectivity index (χ0) is 15.8. The van der Waals surface area contributed by atoms with Crippen LogP contribution >= 0.6 is 22.9 Å². The fourth-order valence-electron chi connectivity index (χ4n) is 2.35. The van der Waals surface area contributed by atoms with Crippen LogP contribution in [0.2, 0.25) is 5.02 Å². The molecular weight excluding hydrogens is 332 g/mol. The van der Waals surface area contributed by atoms with Crippen molar-refractivity contribution in [1.82, 2.24) is 19.8 Å². The van der Waals surface area contributed by atoms with Crippen molar-refractivity contribution in [2.45, 2.75) is 0 Å². The Kier molecular flexibility index (Phi) is 3.48. The van der Waals surface area contributed by atoms with Gasteiger partial charge >= 0.3 is 0 Å². The standard InChI is InChI=1S/C16H11ClN4OS/c1-22-13-8-3-2-7-12(13)14-18-19-16-21(14)20-15(23-16)10-5-4-6-11(17)9-10/h2-9H,1H3. The highest BCUT2D eigenvalue weighted by Gasteiger charge is 2.17. The summed E-state index contributed by atoms with van der Waals surface area (Å²) >= 11 is 7.53. The number of fused-ring (bicyclic) bond motifs is 1. The van der Waals surface area contributed by atoms with Gasteiger partial charge in [0.15, 0.2) is 5.82 Å². The minimum Gasteiger partial charge on any atom is -0.496 e. The monoisotopic (exact) mass is 342 g/mol. The highest BCUT2D eigenvalue weighted by Crippen LogP contribution is 2.32. The molecule has 4 rings (SSSR count). The number of aromatic nitrogens is 4. The molecule has 2 aromatic carbocycles. The first-order chi connectivity index (χ1) is 11.3. The fraction of sp³-hybridized carbons (Fsp3) is 0.0625. The quantitative estimate of drug-likeness (QED) is 0.560. The van der Waals surface area contributed by atoms with Gasteiger partial charge in [-0.1, -0.05) is 47.2 Å². The number of methoxy groups -OCH3 is 1. The Labute approximate surface area is 141 Å². The van der Waals surface area contributed by atoms with E-state index in [1.165, 1.54) is 11.3 Å². The van der Waals surface area contributed by atoms with Gasteiger partial charge < -0.3 is 4.74 Å². The Morgan fingerprint density at radius 1 is 1.09 bits per heavy atom. The summed E-state index contributed by atoms with van der Waals surface area (Å²) in [6, 6.07) is 15.3. The molecule has 2 heterocycles. The molecular formula is C16H11ClN4OS. The molecule has 114 valence electrons. The molecule has 4 aromatic rings. The Bertz CT molecular complexity index is 995. The molecule has 0 N–H and O–H groups in total. The molecule has 0 amide bonds. The van der Waals surface area contributed by atoms with Gasteiger partial charge in [-0.3, -0.25) is 0 Å². The van der Waals surface area contributed by atoms with Crippen LogP contribution in [0.15, 0.2) is 48.5 Å². The average Bonchev–Trinajstić information content (AvgIpc) is 3.15. The molecule has 0 bridgehead atoms. The van der Waals surface area contributed by atoms with Gasteiger partial charge in [-0.15, -0.1) is 10.2 Å². The van der Waals surface area contributed by atoms with Crippen molar-refractivity contribution >= 4 is 27.9 Å². The van der Waals surface area contributed by atoms with Crippen LogP contribution in [0.5, 0.6) is 5.75 Å². The van der Waals surface area contributed by atoms with Crippen LogP contribution < -0.4 is 4.74 Å². The van der Waals surface area contributed by atoms with Crippen LogP contribution in [-0.2, 0) is 0 Å². The number of ether oxygens (including phenoxy) is 1. The zero-order valence-electron chi connectivity index (χ0n) is 12.1. The highest BCUT2D eigenvalue weighted by molar-refractivity contribution is 7.19. The molecule has 0 aliphatic heterocycles. The average molecular weight is 343 g/mol. The third-order valence-corrected chi connectivity index (χ3v) is 4.59. The van der Waals surface area contributed by atoms with Gasteiger partial charge in [0.1, 0.15) is 10.8 Å². The maximum Gasteiger partial charge on any atom is 0.235 e. The molecule has 0 atom stereocenters. The Hall–Kier alpha value is -2.44. The van der Waals surface area contributed by atoms with Gasteiger partial charge in [-0.25, -0.2) is 0 Å². The largest absolute Gasteiger partial charge is 0.496 e. The second-order valence-electron chi connectivity index (χ2n) is 4.84. The van der Waals surface area contributed by atoms with E-state index in [1.54, 1.807) is 11.6 Å². The van der Waals surface area contributed by atoms with Crippen LogP contribution in [0.25, 0.3) is 26.9 Å². The van der Waals surface area contributed by atoms with E-state index in [4.69, 9.17) is 16.3 Å². The third kappa shape index (κ3) is 2.46. The van der Waals surface area contributed by atoms with E-state index in [2.05, 4.69) is 15.3 Å². The Morgan fingerprint density at radius 2 is 1.96 bits per heavy atom. The number of hydrogen-bond acceptors (Lipinski definition) is 5. The first-order valence-electron chi connectivity index (χ1n) is 6.88. The first-order valence-corrected chi connectivity index (χ1v) is 8.07. The van der Waals surface area contributed by atoms with E-state index in [0.717, 1.165) is 26.8 Å². The number of nitrogens with zero attached hydrogens (tertiary/aromatic N) is 4. The van der Waals surface area contributed by atoms with Crippen LogP contribution in [-0.4, -0.2) is 26.9 Å². The predicted molar refractivity (Wildman–Crippen MR) is 91.1 cm³/mol. The minimum atomic E-state index is 0.655. The maximum atomic E-state index is 6.06. The number of para-hydroxylation sites is 1. The lowest BCUT2D eigenvalue weighted by molar-refractivity contribution is 0.416. The van der Waals surface area contributed by atoms with E-state index in [-0.39, 0.29) is 0 Å². The molecule has 0 saturated carbocycles. The minimum absolute atomic E-state index is 0.655. The zero-order valence-corrected chi connectivity index (χ0v) is 13.7. The van der Waals surface area contributed by atoms with Crippen LogP contribution in [0.1, 0.15) is 0 Å². The Morgan fingerprint density at radius 3 is 2.78 bits per heavy atom. The maximum absolute atomic E-state index is 6.06. The predicted octanol–water partition coefficient (Wildman–Crippen LogP) is 4.18. The summed E-state index contributed by atoms with van der Waals surface area (Å²) in [7, 11) is 1.63. The van der Waals surface area contributed by atoms with Crippen molar-refractivity contribution in [3.63, 3.8) is 0 Å². The highest BCUT2D eigenvalue weighted by atomic mass is 35.5. The van der Waals surface area contributed by atoms with Gasteiger partial charge in [-0.05, 0) is 24.3 Å². The van der Waals surface area contributed by atoms with Crippen molar-refractivity contribution in [3.8, 4) is 27.7 Å². The summed E-state index contributed by atoms with van der Waals surface area (Å²) in [4.78, 5) is 0.723. The van der Waals surface area contributed by atoms with E-state index in [1.807, 2.05) is 48.5 Å². The number of halogens is 1. The molecule has 0 unspecified atom stereocenters. The number of benzene rings is 2. The van der Waals surface area contributed by atoms with Crippen LogP contribution in [0, 0.1) is 0 Å². The second kappa shape index (κ2) is 5.64. The van der Waals surface area contributed by atoms with E-state index < -0.39 is 0 Å².